The maximum absolute atomic E-state index is 12.7. The van der Waals surface area contributed by atoms with E-state index < -0.39 is 0 Å². The quantitative estimate of drug-likeness (QED) is 0.320. The van der Waals surface area contributed by atoms with Gasteiger partial charge in [0, 0.05) is 35.3 Å². The van der Waals surface area contributed by atoms with Gasteiger partial charge >= 0.3 is 0 Å². The largest absolute Gasteiger partial charge is 0.497 e. The van der Waals surface area contributed by atoms with Crippen molar-refractivity contribution in [2.75, 3.05) is 30.2 Å². The van der Waals surface area contributed by atoms with Gasteiger partial charge in [-0.2, -0.15) is 0 Å². The molecule has 0 aliphatic rings. The highest BCUT2D eigenvalue weighted by atomic mass is 16.5. The number of carbonyl (C=O) groups excluding carboxylic acids is 1. The molecule has 4 aromatic rings. The fourth-order valence-corrected chi connectivity index (χ4v) is 3.36. The third-order valence-electron chi connectivity index (χ3n) is 5.04. The van der Waals surface area contributed by atoms with Crippen LogP contribution >= 0.6 is 0 Å². The van der Waals surface area contributed by atoms with Gasteiger partial charge in [0.2, 0.25) is 0 Å². The van der Waals surface area contributed by atoms with Gasteiger partial charge in [-0.1, -0.05) is 0 Å². The topological polar surface area (TPSA) is 110 Å². The fraction of sp³-hybridized carbons (Fsp3) is 0.154. The molecule has 2 aromatic carbocycles. The van der Waals surface area contributed by atoms with Crippen molar-refractivity contribution in [3.05, 3.63) is 83.8 Å². The molecule has 0 aliphatic carbocycles. The second kappa shape index (κ2) is 10.5. The van der Waals surface area contributed by atoms with Crippen LogP contribution in [0.5, 0.6) is 11.5 Å². The molecule has 9 nitrogen and oxygen atoms in total. The Kier molecular flexibility index (Phi) is 7.06. The first-order chi connectivity index (χ1) is 16.9. The lowest BCUT2D eigenvalue weighted by atomic mass is 10.1. The first kappa shape index (κ1) is 23.5. The van der Waals surface area contributed by atoms with E-state index in [0.717, 1.165) is 11.3 Å². The predicted molar refractivity (Wildman–Crippen MR) is 136 cm³/mol. The van der Waals surface area contributed by atoms with E-state index in [-0.39, 0.29) is 5.91 Å². The SMILES string of the molecule is COc1cc(OC)cc(C(=O)Nc2ccc(Nc3cc(Nc4cc(C)ccn4)nc(C)n3)cc2)c1. The summed E-state index contributed by atoms with van der Waals surface area (Å²) in [4.78, 5) is 25.9. The molecule has 2 aromatic heterocycles. The Balaban J connectivity index is 1.44. The Bertz CT molecular complexity index is 1320. The Morgan fingerprint density at radius 3 is 2.00 bits per heavy atom. The highest BCUT2D eigenvalue weighted by molar-refractivity contribution is 6.04. The van der Waals surface area contributed by atoms with E-state index in [4.69, 9.17) is 9.47 Å². The van der Waals surface area contributed by atoms with Crippen molar-refractivity contribution in [2.24, 2.45) is 0 Å². The van der Waals surface area contributed by atoms with Gasteiger partial charge in [-0.25, -0.2) is 15.0 Å². The Labute approximate surface area is 203 Å². The second-order valence-corrected chi connectivity index (χ2v) is 7.79. The number of rotatable bonds is 8. The van der Waals surface area contributed by atoms with Gasteiger partial charge in [-0.3, -0.25) is 4.79 Å². The number of hydrogen-bond donors (Lipinski definition) is 3. The number of anilines is 5. The highest BCUT2D eigenvalue weighted by Crippen LogP contribution is 2.24. The molecule has 1 amide bonds. The summed E-state index contributed by atoms with van der Waals surface area (Å²) in [5.74, 6) is 3.41. The van der Waals surface area contributed by atoms with Gasteiger partial charge in [0.1, 0.15) is 34.8 Å². The zero-order valence-corrected chi connectivity index (χ0v) is 19.9. The summed E-state index contributed by atoms with van der Waals surface area (Å²) in [7, 11) is 3.08. The Morgan fingerprint density at radius 2 is 1.37 bits per heavy atom. The molecule has 2 heterocycles. The van der Waals surface area contributed by atoms with Gasteiger partial charge in [-0.15, -0.1) is 0 Å². The molecular formula is C26H26N6O3. The molecule has 0 saturated heterocycles. The van der Waals surface area contributed by atoms with Crippen molar-refractivity contribution in [1.29, 1.82) is 0 Å². The maximum atomic E-state index is 12.7. The number of aromatic nitrogens is 3. The lowest BCUT2D eigenvalue weighted by molar-refractivity contribution is 0.102. The van der Waals surface area contributed by atoms with Crippen LogP contribution < -0.4 is 25.4 Å². The van der Waals surface area contributed by atoms with E-state index in [1.165, 1.54) is 0 Å². The second-order valence-electron chi connectivity index (χ2n) is 7.79. The van der Waals surface area contributed by atoms with Crippen LogP contribution in [0.2, 0.25) is 0 Å². The fourth-order valence-electron chi connectivity index (χ4n) is 3.36. The molecule has 0 saturated carbocycles. The monoisotopic (exact) mass is 470 g/mol. The van der Waals surface area contributed by atoms with Crippen molar-refractivity contribution >= 4 is 34.7 Å². The van der Waals surface area contributed by atoms with Gasteiger partial charge in [0.25, 0.3) is 5.91 Å². The third-order valence-corrected chi connectivity index (χ3v) is 5.04. The van der Waals surface area contributed by atoms with Crippen LogP contribution in [-0.2, 0) is 0 Å². The summed E-state index contributed by atoms with van der Waals surface area (Å²) in [6.07, 6.45) is 1.75. The van der Waals surface area contributed by atoms with Crippen LogP contribution in [0.3, 0.4) is 0 Å². The number of aryl methyl sites for hydroxylation is 2. The third kappa shape index (κ3) is 6.23. The summed E-state index contributed by atoms with van der Waals surface area (Å²) < 4.78 is 10.5. The van der Waals surface area contributed by atoms with Crippen LogP contribution in [0.25, 0.3) is 0 Å². The number of methoxy groups -OCH3 is 2. The lowest BCUT2D eigenvalue weighted by Crippen LogP contribution is -2.12. The van der Waals surface area contributed by atoms with Crippen LogP contribution in [-0.4, -0.2) is 35.1 Å². The van der Waals surface area contributed by atoms with E-state index in [2.05, 4.69) is 30.9 Å². The predicted octanol–water partition coefficient (Wildman–Crippen LogP) is 5.25. The van der Waals surface area contributed by atoms with Crippen LogP contribution in [0, 0.1) is 13.8 Å². The first-order valence-electron chi connectivity index (χ1n) is 10.9. The van der Waals surface area contributed by atoms with Crippen LogP contribution in [0.15, 0.2) is 66.9 Å². The number of nitrogens with zero attached hydrogens (tertiary/aromatic N) is 3. The van der Waals surface area contributed by atoms with Crippen molar-refractivity contribution in [3.8, 4) is 11.5 Å². The molecule has 0 unspecified atom stereocenters. The normalized spacial score (nSPS) is 10.4. The summed E-state index contributed by atoms with van der Waals surface area (Å²) in [5, 5.41) is 9.36. The van der Waals surface area contributed by atoms with Crippen molar-refractivity contribution in [2.45, 2.75) is 13.8 Å². The van der Waals surface area contributed by atoms with Crippen molar-refractivity contribution < 1.29 is 14.3 Å². The molecule has 0 spiro atoms. The molecule has 3 N–H and O–H groups in total. The zero-order chi connectivity index (χ0) is 24.8. The molecule has 35 heavy (non-hydrogen) atoms. The maximum Gasteiger partial charge on any atom is 0.255 e. The number of ether oxygens (including phenoxy) is 2. The van der Waals surface area contributed by atoms with E-state index in [1.54, 1.807) is 38.6 Å². The zero-order valence-electron chi connectivity index (χ0n) is 19.9. The molecule has 0 bridgehead atoms. The Hall–Kier alpha value is -4.66. The first-order valence-corrected chi connectivity index (χ1v) is 10.9. The Morgan fingerprint density at radius 1 is 0.743 bits per heavy atom. The van der Waals surface area contributed by atoms with E-state index in [9.17, 15) is 4.79 Å². The average molecular weight is 471 g/mol. The summed E-state index contributed by atoms with van der Waals surface area (Å²) in [5.41, 5.74) is 2.99. The van der Waals surface area contributed by atoms with Gasteiger partial charge < -0.3 is 25.4 Å². The van der Waals surface area contributed by atoms with Crippen LogP contribution in [0.1, 0.15) is 21.7 Å². The van der Waals surface area contributed by atoms with Crippen LogP contribution in [0.4, 0.5) is 28.8 Å². The molecule has 178 valence electrons. The van der Waals surface area contributed by atoms with E-state index in [1.807, 2.05) is 56.3 Å². The lowest BCUT2D eigenvalue weighted by Gasteiger charge is -2.12. The molecule has 0 radical (unpaired) electrons. The minimum absolute atomic E-state index is 0.269. The molecule has 0 fully saturated rings. The number of hydrogen-bond acceptors (Lipinski definition) is 8. The minimum atomic E-state index is -0.269. The molecule has 9 heteroatoms. The van der Waals surface area contributed by atoms with Crippen molar-refractivity contribution in [1.82, 2.24) is 15.0 Å². The molecule has 4 rings (SSSR count). The number of carbonyl (C=O) groups is 1. The summed E-state index contributed by atoms with van der Waals surface area (Å²) in [6, 6.07) is 18.0. The molecule has 0 aliphatic heterocycles. The highest BCUT2D eigenvalue weighted by Gasteiger charge is 2.11. The number of amides is 1. The smallest absolute Gasteiger partial charge is 0.255 e. The average Bonchev–Trinajstić information content (AvgIpc) is 2.84. The summed E-state index contributed by atoms with van der Waals surface area (Å²) in [6.45, 7) is 3.83. The minimum Gasteiger partial charge on any atom is -0.497 e. The van der Waals surface area contributed by atoms with Gasteiger partial charge in [0.15, 0.2) is 0 Å². The molecule has 0 atom stereocenters. The molecular weight excluding hydrogens is 444 g/mol. The van der Waals surface area contributed by atoms with E-state index >= 15 is 0 Å². The number of benzene rings is 2. The van der Waals surface area contributed by atoms with Gasteiger partial charge in [-0.05, 0) is 67.9 Å². The number of pyridine rings is 1. The van der Waals surface area contributed by atoms with E-state index in [0.29, 0.717) is 46.0 Å². The summed E-state index contributed by atoms with van der Waals surface area (Å²) >= 11 is 0. The number of nitrogens with one attached hydrogen (secondary N) is 3. The van der Waals surface area contributed by atoms with Gasteiger partial charge in [0.05, 0.1) is 14.2 Å². The standard InChI is InChI=1S/C26H26N6O3/c1-16-9-10-27-23(11-16)32-25-15-24(28-17(2)29-25)30-19-5-7-20(8-6-19)31-26(33)18-12-21(34-3)14-22(13-18)35-4/h5-15H,1-4H3,(H,31,33)(H2,27,28,29,30,32). The van der Waals surface area contributed by atoms with Crippen molar-refractivity contribution in [3.63, 3.8) is 0 Å².